The molecule has 2 rings (SSSR count). The Labute approximate surface area is 118 Å². The van der Waals surface area contributed by atoms with Gasteiger partial charge in [-0.3, -0.25) is 4.90 Å². The maximum absolute atomic E-state index is 6.27. The molecule has 3 heteroatoms. The molecule has 0 spiro atoms. The zero-order valence-electron chi connectivity index (χ0n) is 13.2. The number of rotatable bonds is 3. The summed E-state index contributed by atoms with van der Waals surface area (Å²) in [6.07, 6.45) is 5.39. The van der Waals surface area contributed by atoms with Gasteiger partial charge >= 0.3 is 0 Å². The van der Waals surface area contributed by atoms with Crippen molar-refractivity contribution in [1.29, 1.82) is 0 Å². The molecule has 1 saturated heterocycles. The third-order valence-corrected chi connectivity index (χ3v) is 5.19. The highest BCUT2D eigenvalue weighted by atomic mass is 16.5. The van der Waals surface area contributed by atoms with E-state index in [-0.39, 0.29) is 5.54 Å². The molecule has 1 aliphatic heterocycles. The van der Waals surface area contributed by atoms with Crippen LogP contribution in [0.5, 0.6) is 0 Å². The lowest BCUT2D eigenvalue weighted by molar-refractivity contribution is -0.116. The zero-order valence-corrected chi connectivity index (χ0v) is 13.2. The molecule has 0 amide bonds. The molecular formula is C16H32N2O. The Morgan fingerprint density at radius 2 is 1.84 bits per heavy atom. The standard InChI is InChI=1S/C16H32N2O/c1-5-15-10-19-14(4)9-18(15)16(11-17)7-12(2)6-13(3)8-16/h12-15H,5-11,17H2,1-4H3. The number of hydrogen-bond donors (Lipinski definition) is 1. The highest BCUT2D eigenvalue weighted by Gasteiger charge is 2.45. The minimum absolute atomic E-state index is 0.218. The van der Waals surface area contributed by atoms with Crippen molar-refractivity contribution in [3.8, 4) is 0 Å². The Morgan fingerprint density at radius 3 is 2.37 bits per heavy atom. The van der Waals surface area contributed by atoms with Gasteiger partial charge in [0.05, 0.1) is 12.7 Å². The van der Waals surface area contributed by atoms with E-state index in [2.05, 4.69) is 32.6 Å². The van der Waals surface area contributed by atoms with Crippen molar-refractivity contribution >= 4 is 0 Å². The summed E-state index contributed by atoms with van der Waals surface area (Å²) < 4.78 is 5.86. The molecule has 1 saturated carbocycles. The Kier molecular flexibility index (Phi) is 4.91. The largest absolute Gasteiger partial charge is 0.376 e. The van der Waals surface area contributed by atoms with Gasteiger partial charge in [0.1, 0.15) is 0 Å². The SMILES string of the molecule is CCC1COC(C)CN1C1(CN)CC(C)CC(C)C1. The summed E-state index contributed by atoms with van der Waals surface area (Å²) in [6, 6.07) is 0.553. The van der Waals surface area contributed by atoms with Crippen LogP contribution in [-0.4, -0.2) is 42.3 Å². The van der Waals surface area contributed by atoms with Crippen LogP contribution in [0.25, 0.3) is 0 Å². The fourth-order valence-corrected chi connectivity index (χ4v) is 4.52. The second-order valence-electron chi connectivity index (χ2n) is 7.14. The number of morpholine rings is 1. The van der Waals surface area contributed by atoms with Gasteiger partial charge in [0.15, 0.2) is 0 Å². The van der Waals surface area contributed by atoms with Crippen molar-refractivity contribution in [2.45, 2.75) is 71.1 Å². The van der Waals surface area contributed by atoms with Gasteiger partial charge in [0.2, 0.25) is 0 Å². The average molecular weight is 268 g/mol. The van der Waals surface area contributed by atoms with Crippen LogP contribution in [-0.2, 0) is 4.74 Å². The van der Waals surface area contributed by atoms with E-state index in [1.807, 2.05) is 0 Å². The minimum atomic E-state index is 0.218. The topological polar surface area (TPSA) is 38.5 Å². The molecule has 1 heterocycles. The molecule has 3 nitrogen and oxygen atoms in total. The number of ether oxygens (including phenoxy) is 1. The predicted molar refractivity (Wildman–Crippen MR) is 80.2 cm³/mol. The first-order chi connectivity index (χ1) is 9.00. The van der Waals surface area contributed by atoms with Gasteiger partial charge in [-0.05, 0) is 44.4 Å². The van der Waals surface area contributed by atoms with Crippen molar-refractivity contribution in [2.24, 2.45) is 17.6 Å². The molecule has 2 fully saturated rings. The van der Waals surface area contributed by atoms with Crippen LogP contribution in [0.2, 0.25) is 0 Å². The number of nitrogens with two attached hydrogens (primary N) is 1. The lowest BCUT2D eigenvalue weighted by Crippen LogP contribution is -2.65. The molecule has 2 aliphatic rings. The van der Waals surface area contributed by atoms with E-state index >= 15 is 0 Å². The van der Waals surface area contributed by atoms with E-state index in [4.69, 9.17) is 10.5 Å². The molecule has 0 aromatic carbocycles. The second-order valence-corrected chi connectivity index (χ2v) is 7.14. The van der Waals surface area contributed by atoms with Crippen molar-refractivity contribution in [2.75, 3.05) is 19.7 Å². The van der Waals surface area contributed by atoms with Crippen molar-refractivity contribution < 1.29 is 4.74 Å². The van der Waals surface area contributed by atoms with Crippen LogP contribution < -0.4 is 5.73 Å². The van der Waals surface area contributed by atoms with E-state index < -0.39 is 0 Å². The maximum atomic E-state index is 6.27. The van der Waals surface area contributed by atoms with Crippen molar-refractivity contribution in [3.63, 3.8) is 0 Å². The average Bonchev–Trinajstić information content (AvgIpc) is 2.37. The Hall–Kier alpha value is -0.120. The molecule has 2 N–H and O–H groups in total. The second kappa shape index (κ2) is 6.11. The van der Waals surface area contributed by atoms with Gasteiger partial charge in [-0.2, -0.15) is 0 Å². The summed E-state index contributed by atoms with van der Waals surface area (Å²) in [7, 11) is 0. The maximum Gasteiger partial charge on any atom is 0.0675 e. The van der Waals surface area contributed by atoms with Crippen LogP contribution in [0.1, 0.15) is 53.4 Å². The van der Waals surface area contributed by atoms with Crippen LogP contribution in [0, 0.1) is 11.8 Å². The highest BCUT2D eigenvalue weighted by Crippen LogP contribution is 2.41. The molecule has 4 unspecified atom stereocenters. The van der Waals surface area contributed by atoms with Crippen molar-refractivity contribution in [3.05, 3.63) is 0 Å². The molecule has 0 aromatic rings. The summed E-state index contributed by atoms with van der Waals surface area (Å²) in [6.45, 7) is 12.0. The normalized spacial score (nSPS) is 45.3. The molecule has 19 heavy (non-hydrogen) atoms. The number of hydrogen-bond acceptors (Lipinski definition) is 3. The third-order valence-electron chi connectivity index (χ3n) is 5.19. The third kappa shape index (κ3) is 3.14. The van der Waals surface area contributed by atoms with Gasteiger partial charge in [0.25, 0.3) is 0 Å². The fourth-order valence-electron chi connectivity index (χ4n) is 4.52. The Balaban J connectivity index is 2.22. The lowest BCUT2D eigenvalue weighted by atomic mass is 9.70. The quantitative estimate of drug-likeness (QED) is 0.855. The zero-order chi connectivity index (χ0) is 14.0. The van der Waals surface area contributed by atoms with Crippen LogP contribution >= 0.6 is 0 Å². The summed E-state index contributed by atoms with van der Waals surface area (Å²) in [5.74, 6) is 1.59. The minimum Gasteiger partial charge on any atom is -0.376 e. The molecule has 0 aromatic heterocycles. The summed E-state index contributed by atoms with van der Waals surface area (Å²) >= 11 is 0. The lowest BCUT2D eigenvalue weighted by Gasteiger charge is -2.54. The number of nitrogens with zero attached hydrogens (tertiary/aromatic N) is 1. The molecule has 112 valence electrons. The Morgan fingerprint density at radius 1 is 1.21 bits per heavy atom. The summed E-state index contributed by atoms with van der Waals surface area (Å²) in [5, 5.41) is 0. The summed E-state index contributed by atoms with van der Waals surface area (Å²) in [4.78, 5) is 2.72. The van der Waals surface area contributed by atoms with E-state index in [0.717, 1.165) is 38.0 Å². The first kappa shape index (κ1) is 15.3. The van der Waals surface area contributed by atoms with Gasteiger partial charge in [-0.1, -0.05) is 20.8 Å². The van der Waals surface area contributed by atoms with Gasteiger partial charge < -0.3 is 10.5 Å². The first-order valence-corrected chi connectivity index (χ1v) is 8.09. The van der Waals surface area contributed by atoms with Crippen LogP contribution in [0.15, 0.2) is 0 Å². The monoisotopic (exact) mass is 268 g/mol. The molecule has 0 bridgehead atoms. The molecule has 1 aliphatic carbocycles. The highest BCUT2D eigenvalue weighted by molar-refractivity contribution is 5.01. The van der Waals surface area contributed by atoms with Crippen molar-refractivity contribution in [1.82, 2.24) is 4.90 Å². The van der Waals surface area contributed by atoms with E-state index in [0.29, 0.717) is 12.1 Å². The van der Waals surface area contributed by atoms with Gasteiger partial charge in [0, 0.05) is 24.7 Å². The van der Waals surface area contributed by atoms with Crippen LogP contribution in [0.3, 0.4) is 0 Å². The summed E-state index contributed by atoms with van der Waals surface area (Å²) in [5.41, 5.74) is 6.49. The smallest absolute Gasteiger partial charge is 0.0675 e. The van der Waals surface area contributed by atoms with E-state index in [1.165, 1.54) is 19.3 Å². The fraction of sp³-hybridized carbons (Fsp3) is 1.00. The predicted octanol–water partition coefficient (Wildman–Crippen LogP) is 2.64. The van der Waals surface area contributed by atoms with Gasteiger partial charge in [-0.15, -0.1) is 0 Å². The van der Waals surface area contributed by atoms with Crippen LogP contribution in [0.4, 0.5) is 0 Å². The first-order valence-electron chi connectivity index (χ1n) is 8.09. The molecule has 4 atom stereocenters. The molecular weight excluding hydrogens is 236 g/mol. The van der Waals surface area contributed by atoms with E-state index in [9.17, 15) is 0 Å². The van der Waals surface area contributed by atoms with E-state index in [1.54, 1.807) is 0 Å². The molecule has 0 radical (unpaired) electrons. The Bertz CT molecular complexity index is 284. The van der Waals surface area contributed by atoms with Gasteiger partial charge in [-0.25, -0.2) is 0 Å².